The summed E-state index contributed by atoms with van der Waals surface area (Å²) in [6.07, 6.45) is -4.73. The molecule has 0 aliphatic rings. The van der Waals surface area contributed by atoms with E-state index in [-0.39, 0.29) is 18.0 Å². The van der Waals surface area contributed by atoms with Gasteiger partial charge in [0, 0.05) is 24.7 Å². The van der Waals surface area contributed by atoms with Crippen LogP contribution in [0.3, 0.4) is 0 Å². The van der Waals surface area contributed by atoms with Crippen molar-refractivity contribution in [2.24, 2.45) is 23.3 Å². The number of benzene rings is 1. The SMILES string of the molecule is CC(C)[C@H](N)C(=O)N[C@H](C(=O)N[C@@H](Cc1ccccc1)C(=O)N[C@H](C(=O)N[C@@H](CC(=O)O)C(=O)N[C@@H](CC(N)=O)C(=O)N[C@@H](Cc1cnc[nH]1)C(=O)N[C@@H](CC(=O)O)C(=O)N[C@H](C(=O)O)[C@@H](C)O)C(C)C)[C@@H](C)O. The zero-order valence-corrected chi connectivity index (χ0v) is 41.3. The van der Waals surface area contributed by atoms with Crippen LogP contribution < -0.4 is 54.0 Å². The van der Waals surface area contributed by atoms with E-state index in [1.807, 2.05) is 5.32 Å². The fraction of sp³-hybridized carbons (Fsp3) is 0.533. The van der Waals surface area contributed by atoms with Gasteiger partial charge in [0.25, 0.3) is 0 Å². The first-order valence-electron chi connectivity index (χ1n) is 23.0. The first-order valence-corrected chi connectivity index (χ1v) is 23.0. The molecule has 0 aliphatic carbocycles. The number of carboxylic acid groups (broad SMARTS) is 3. The number of carboxylic acids is 3. The van der Waals surface area contributed by atoms with E-state index in [1.165, 1.54) is 33.3 Å². The van der Waals surface area contributed by atoms with Gasteiger partial charge in [-0.25, -0.2) is 9.78 Å². The number of hydrogen-bond donors (Lipinski definition) is 16. The van der Waals surface area contributed by atoms with E-state index in [4.69, 9.17) is 11.5 Å². The van der Waals surface area contributed by atoms with E-state index in [2.05, 4.69) is 47.2 Å². The van der Waals surface area contributed by atoms with Crippen LogP contribution in [0.25, 0.3) is 0 Å². The second kappa shape index (κ2) is 29.5. The summed E-state index contributed by atoms with van der Waals surface area (Å²) < 4.78 is 0. The van der Waals surface area contributed by atoms with Crippen molar-refractivity contribution in [3.8, 4) is 0 Å². The van der Waals surface area contributed by atoms with Crippen molar-refractivity contribution in [3.05, 3.63) is 54.1 Å². The van der Waals surface area contributed by atoms with Crippen LogP contribution in [0.2, 0.25) is 0 Å². The van der Waals surface area contributed by atoms with E-state index >= 15 is 0 Å². The zero-order valence-electron chi connectivity index (χ0n) is 41.3. The highest BCUT2D eigenvalue weighted by Gasteiger charge is 2.38. The topological polar surface area (TPSA) is 483 Å². The lowest BCUT2D eigenvalue weighted by Crippen LogP contribution is -2.62. The van der Waals surface area contributed by atoms with Gasteiger partial charge in [-0.3, -0.25) is 52.7 Å². The fourth-order valence-electron chi connectivity index (χ4n) is 6.79. The third-order valence-electron chi connectivity index (χ3n) is 11.0. The summed E-state index contributed by atoms with van der Waals surface area (Å²) in [5, 5.41) is 66.9. The summed E-state index contributed by atoms with van der Waals surface area (Å²) in [7, 11) is 0. The number of aromatic amines is 1. The Morgan fingerprint density at radius 2 is 0.919 bits per heavy atom. The summed E-state index contributed by atoms with van der Waals surface area (Å²) >= 11 is 0. The number of nitrogens with two attached hydrogens (primary N) is 2. The number of primary amides is 1. The molecule has 1 aromatic heterocycles. The van der Waals surface area contributed by atoms with Crippen LogP contribution in [0, 0.1) is 11.8 Å². The molecule has 0 fully saturated rings. The number of amides is 9. The van der Waals surface area contributed by atoms with Gasteiger partial charge in [0.2, 0.25) is 53.2 Å². The second-order valence-corrected chi connectivity index (χ2v) is 17.9. The average molecular weight is 1050 g/mol. The Morgan fingerprint density at radius 3 is 1.36 bits per heavy atom. The first-order chi connectivity index (χ1) is 34.5. The molecule has 0 saturated heterocycles. The summed E-state index contributed by atoms with van der Waals surface area (Å²) in [5.41, 5.74) is 12.0. The maximum atomic E-state index is 14.1. The molecule has 29 nitrogen and oxygen atoms in total. The predicted octanol–water partition coefficient (Wildman–Crippen LogP) is -5.62. The predicted molar refractivity (Wildman–Crippen MR) is 255 cm³/mol. The number of aliphatic hydroxyl groups is 2. The van der Waals surface area contributed by atoms with Gasteiger partial charge >= 0.3 is 17.9 Å². The molecule has 1 aromatic carbocycles. The van der Waals surface area contributed by atoms with E-state index in [0.717, 1.165) is 6.92 Å². The second-order valence-electron chi connectivity index (χ2n) is 17.9. The molecular weight excluding hydrogens is 981 g/mol. The molecule has 0 unspecified atom stereocenters. The van der Waals surface area contributed by atoms with E-state index < -0.39 is 169 Å². The van der Waals surface area contributed by atoms with Gasteiger partial charge in [-0.1, -0.05) is 58.0 Å². The van der Waals surface area contributed by atoms with E-state index in [1.54, 1.807) is 44.2 Å². The van der Waals surface area contributed by atoms with Gasteiger partial charge in [-0.2, -0.15) is 0 Å². The average Bonchev–Trinajstić information content (AvgIpc) is 3.82. The van der Waals surface area contributed by atoms with Crippen LogP contribution >= 0.6 is 0 Å². The molecule has 0 aliphatic heterocycles. The van der Waals surface area contributed by atoms with Crippen molar-refractivity contribution in [1.82, 2.24) is 52.5 Å². The number of carbonyl (C=O) groups is 12. The number of nitrogens with zero attached hydrogens (tertiary/aromatic N) is 1. The minimum absolute atomic E-state index is 0.157. The van der Waals surface area contributed by atoms with Crippen molar-refractivity contribution in [2.75, 3.05) is 0 Å². The van der Waals surface area contributed by atoms with Crippen LogP contribution in [0.5, 0.6) is 0 Å². The molecule has 0 bridgehead atoms. The number of nitrogens with one attached hydrogen (secondary N) is 9. The van der Waals surface area contributed by atoms with Crippen molar-refractivity contribution >= 4 is 71.1 Å². The van der Waals surface area contributed by atoms with Crippen LogP contribution in [0.1, 0.15) is 72.1 Å². The number of aliphatic carboxylic acids is 3. The van der Waals surface area contributed by atoms with Gasteiger partial charge in [-0.15, -0.1) is 0 Å². The van der Waals surface area contributed by atoms with Crippen molar-refractivity contribution in [2.45, 2.75) is 140 Å². The van der Waals surface area contributed by atoms with Gasteiger partial charge in [0.05, 0.1) is 43.8 Å². The van der Waals surface area contributed by atoms with Crippen LogP contribution in [-0.4, -0.2) is 173 Å². The number of rotatable bonds is 31. The van der Waals surface area contributed by atoms with Crippen molar-refractivity contribution in [3.63, 3.8) is 0 Å². The van der Waals surface area contributed by atoms with Crippen LogP contribution in [-0.2, 0) is 70.4 Å². The monoisotopic (exact) mass is 1050 g/mol. The maximum absolute atomic E-state index is 14.1. The first kappa shape index (κ1) is 62.1. The molecule has 0 radical (unpaired) electrons. The highest BCUT2D eigenvalue weighted by Crippen LogP contribution is 2.11. The van der Waals surface area contributed by atoms with Crippen molar-refractivity contribution < 1.29 is 83.1 Å². The molecular formula is C45H66N12O17. The number of aliphatic hydroxyl groups excluding tert-OH is 2. The largest absolute Gasteiger partial charge is 0.481 e. The lowest BCUT2D eigenvalue weighted by molar-refractivity contribution is -0.146. The number of carbonyl (C=O) groups excluding carboxylic acids is 9. The van der Waals surface area contributed by atoms with E-state index in [9.17, 15) is 83.1 Å². The minimum Gasteiger partial charge on any atom is -0.481 e. The third-order valence-corrected chi connectivity index (χ3v) is 11.0. The van der Waals surface area contributed by atoms with Gasteiger partial charge in [0.15, 0.2) is 6.04 Å². The lowest BCUT2D eigenvalue weighted by atomic mass is 9.99. The maximum Gasteiger partial charge on any atom is 0.328 e. The smallest absolute Gasteiger partial charge is 0.328 e. The van der Waals surface area contributed by atoms with Gasteiger partial charge < -0.3 is 84.5 Å². The minimum atomic E-state index is -2.05. The lowest BCUT2D eigenvalue weighted by Gasteiger charge is -2.29. The number of aromatic nitrogens is 2. The molecule has 18 N–H and O–H groups in total. The molecule has 408 valence electrons. The Hall–Kier alpha value is -8.05. The number of H-pyrrole nitrogens is 1. The molecule has 0 saturated carbocycles. The molecule has 0 spiro atoms. The Bertz CT molecular complexity index is 2310. The Morgan fingerprint density at radius 1 is 0.514 bits per heavy atom. The normalized spacial score (nSPS) is 15.6. The standard InChI is InChI=1S/C45H66N12O17/c1-19(2)33(47)42(70)56-35(21(5)58)44(72)53-25(12-23-10-8-7-9-11-23)40(68)55-34(20(3)4)43(71)54-28(15-31(61)62)39(67)51-27(14-30(46)60)38(66)50-26(13-24-17-48-18-49-24)37(65)52-29(16-32(63)64)41(69)57-36(22(6)59)45(73)74/h7-11,17-22,25-29,33-36,58-59H,12-16,47H2,1-6H3,(H2,46,60)(H,48,49)(H,50,66)(H,51,67)(H,52,65)(H,53,72)(H,54,71)(H,55,68)(H,56,70)(H,57,69)(H,61,62)(H,63,64)(H,73,74)/t21-,22-,25+,26+,27+,28+,29+,33+,34+,35+,36+/m1/s1. The fourth-order valence-corrected chi connectivity index (χ4v) is 6.79. The van der Waals surface area contributed by atoms with Crippen LogP contribution in [0.15, 0.2) is 42.9 Å². The molecule has 1 heterocycles. The molecule has 9 amide bonds. The highest BCUT2D eigenvalue weighted by atomic mass is 16.4. The summed E-state index contributed by atoms with van der Waals surface area (Å²) in [5.74, 6) is -16.6. The highest BCUT2D eigenvalue weighted by molar-refractivity contribution is 6.00. The zero-order chi connectivity index (χ0) is 56.1. The van der Waals surface area contributed by atoms with Gasteiger partial charge in [-0.05, 0) is 31.2 Å². The Labute approximate surface area is 423 Å². The Balaban J connectivity index is 2.45. The third kappa shape index (κ3) is 20.6. The summed E-state index contributed by atoms with van der Waals surface area (Å²) in [6.45, 7) is 8.50. The summed E-state index contributed by atoms with van der Waals surface area (Å²) in [6, 6.07) is -7.29. The molecule has 2 aromatic rings. The Kier molecular flexibility index (Phi) is 24.7. The van der Waals surface area contributed by atoms with Crippen molar-refractivity contribution in [1.29, 1.82) is 0 Å². The van der Waals surface area contributed by atoms with Gasteiger partial charge in [0.1, 0.15) is 42.3 Å². The molecule has 11 atom stereocenters. The van der Waals surface area contributed by atoms with E-state index in [0.29, 0.717) is 5.56 Å². The number of imidazole rings is 1. The quantitative estimate of drug-likeness (QED) is 0.0335. The number of hydrogen-bond acceptors (Lipinski definition) is 16. The summed E-state index contributed by atoms with van der Waals surface area (Å²) in [4.78, 5) is 163. The molecule has 2 rings (SSSR count). The molecule has 74 heavy (non-hydrogen) atoms. The molecule has 29 heteroatoms. The van der Waals surface area contributed by atoms with Crippen LogP contribution in [0.4, 0.5) is 0 Å².